The molecule has 1 amide bonds. The molecule has 5 heteroatoms. The summed E-state index contributed by atoms with van der Waals surface area (Å²) in [6, 6.07) is 12.2. The van der Waals surface area contributed by atoms with Crippen molar-refractivity contribution in [3.8, 4) is 0 Å². The van der Waals surface area contributed by atoms with Crippen LogP contribution in [0.2, 0.25) is 10.0 Å². The maximum atomic E-state index is 13.3. The van der Waals surface area contributed by atoms with Gasteiger partial charge in [0.2, 0.25) is 0 Å². The Labute approximate surface area is 176 Å². The highest BCUT2D eigenvalue weighted by atomic mass is 35.5. The molecule has 0 radical (unpaired) electrons. The van der Waals surface area contributed by atoms with Crippen LogP contribution in [0, 0.1) is 0 Å². The fraction of sp³-hybridized carbons (Fsp3) is 0.435. The molecule has 2 heterocycles. The number of anilines is 1. The first kappa shape index (κ1) is 18.3. The molecular weight excluding hydrogens is 391 g/mol. The molecule has 2 aliphatic heterocycles. The summed E-state index contributed by atoms with van der Waals surface area (Å²) in [6.07, 6.45) is 5.91. The fourth-order valence-corrected chi connectivity index (χ4v) is 5.73. The molecule has 3 nitrogen and oxygen atoms in total. The summed E-state index contributed by atoms with van der Waals surface area (Å²) in [5.41, 5.74) is 4.66. The lowest BCUT2D eigenvalue weighted by atomic mass is 9.95. The van der Waals surface area contributed by atoms with Gasteiger partial charge in [0, 0.05) is 40.9 Å². The van der Waals surface area contributed by atoms with E-state index < -0.39 is 0 Å². The van der Waals surface area contributed by atoms with Crippen molar-refractivity contribution in [2.24, 2.45) is 0 Å². The van der Waals surface area contributed by atoms with Crippen molar-refractivity contribution in [3.05, 3.63) is 63.1 Å². The van der Waals surface area contributed by atoms with Gasteiger partial charge in [0.25, 0.3) is 5.91 Å². The topological polar surface area (TPSA) is 23.6 Å². The van der Waals surface area contributed by atoms with Crippen LogP contribution in [0.3, 0.4) is 0 Å². The number of nitrogens with zero attached hydrogens (tertiary/aromatic N) is 2. The van der Waals surface area contributed by atoms with Gasteiger partial charge in [-0.05, 0) is 79.5 Å². The second-order valence-electron chi connectivity index (χ2n) is 8.25. The van der Waals surface area contributed by atoms with Gasteiger partial charge >= 0.3 is 0 Å². The van der Waals surface area contributed by atoms with Crippen LogP contribution in [0.25, 0.3) is 0 Å². The van der Waals surface area contributed by atoms with Crippen molar-refractivity contribution < 1.29 is 4.79 Å². The quantitative estimate of drug-likeness (QED) is 0.596. The van der Waals surface area contributed by atoms with Gasteiger partial charge in [-0.25, -0.2) is 0 Å². The van der Waals surface area contributed by atoms with Crippen LogP contribution >= 0.6 is 23.2 Å². The number of rotatable bonds is 2. The number of hydrogen-bond acceptors (Lipinski definition) is 2. The zero-order valence-electron chi connectivity index (χ0n) is 15.8. The van der Waals surface area contributed by atoms with Crippen molar-refractivity contribution in [3.63, 3.8) is 0 Å². The van der Waals surface area contributed by atoms with Crippen LogP contribution in [-0.4, -0.2) is 30.4 Å². The summed E-state index contributed by atoms with van der Waals surface area (Å²) >= 11 is 12.3. The minimum atomic E-state index is 0.0316. The smallest absolute Gasteiger partial charge is 0.254 e. The highest BCUT2D eigenvalue weighted by molar-refractivity contribution is 6.35. The predicted octanol–water partition coefficient (Wildman–Crippen LogP) is 6.06. The molecule has 146 valence electrons. The third-order valence-corrected chi connectivity index (χ3v) is 7.00. The van der Waals surface area contributed by atoms with Crippen LogP contribution in [0.5, 0.6) is 0 Å². The van der Waals surface area contributed by atoms with E-state index in [1.54, 1.807) is 18.2 Å². The number of halogens is 2. The van der Waals surface area contributed by atoms with E-state index in [0.717, 1.165) is 32.5 Å². The molecule has 5 rings (SSSR count). The molecule has 2 saturated heterocycles. The summed E-state index contributed by atoms with van der Waals surface area (Å²) < 4.78 is 0. The van der Waals surface area contributed by atoms with E-state index in [2.05, 4.69) is 23.1 Å². The first-order valence-electron chi connectivity index (χ1n) is 10.3. The molecule has 3 aliphatic rings. The summed E-state index contributed by atoms with van der Waals surface area (Å²) in [6.45, 7) is 3.05. The van der Waals surface area contributed by atoms with E-state index >= 15 is 0 Å². The number of amides is 1. The average Bonchev–Trinajstić information content (AvgIpc) is 2.99. The normalized spacial score (nSPS) is 23.6. The van der Waals surface area contributed by atoms with E-state index in [0.29, 0.717) is 21.5 Å². The van der Waals surface area contributed by atoms with Crippen LogP contribution in [0.1, 0.15) is 65.5 Å². The van der Waals surface area contributed by atoms with Gasteiger partial charge in [-0.1, -0.05) is 29.3 Å². The zero-order valence-corrected chi connectivity index (χ0v) is 17.3. The number of carbonyl (C=O) groups is 1. The standard InChI is InChI=1S/C23H24Cl2N2O/c24-17-10-16(11-18(25)13-17)23(28)27-9-6-15-12-22(27)21-14-19(4-5-20(15)21)26-7-2-1-3-8-26/h4-5,10-11,13-15,22H,1-3,6-9,12H2/t15?,22-/m0/s1. The Bertz CT molecular complexity index is 903. The largest absolute Gasteiger partial charge is 0.372 e. The van der Waals surface area contributed by atoms with E-state index in [4.69, 9.17) is 23.2 Å². The maximum absolute atomic E-state index is 13.3. The lowest BCUT2D eigenvalue weighted by Crippen LogP contribution is -2.37. The molecule has 0 saturated carbocycles. The Morgan fingerprint density at radius 2 is 1.64 bits per heavy atom. The number of benzene rings is 2. The molecular formula is C23H24Cl2N2O. The Morgan fingerprint density at radius 3 is 2.39 bits per heavy atom. The van der Waals surface area contributed by atoms with Crippen molar-refractivity contribution in [2.45, 2.75) is 44.1 Å². The Balaban J connectivity index is 1.47. The van der Waals surface area contributed by atoms with Crippen LogP contribution in [0.15, 0.2) is 36.4 Å². The van der Waals surface area contributed by atoms with Crippen molar-refractivity contribution in [1.29, 1.82) is 0 Å². The molecule has 28 heavy (non-hydrogen) atoms. The van der Waals surface area contributed by atoms with Gasteiger partial charge in [0.05, 0.1) is 6.04 Å². The number of fused-ring (bicyclic) bond motifs is 5. The fourth-order valence-electron chi connectivity index (χ4n) is 5.20. The minimum Gasteiger partial charge on any atom is -0.372 e. The van der Waals surface area contributed by atoms with Gasteiger partial charge < -0.3 is 9.80 Å². The van der Waals surface area contributed by atoms with Gasteiger partial charge in [0.1, 0.15) is 0 Å². The van der Waals surface area contributed by atoms with Crippen molar-refractivity contribution >= 4 is 34.8 Å². The van der Waals surface area contributed by atoms with E-state index in [-0.39, 0.29) is 11.9 Å². The van der Waals surface area contributed by atoms with Gasteiger partial charge in [-0.15, -0.1) is 0 Å². The predicted molar refractivity (Wildman–Crippen MR) is 115 cm³/mol. The van der Waals surface area contributed by atoms with Gasteiger partial charge in [-0.2, -0.15) is 0 Å². The lowest BCUT2D eigenvalue weighted by Gasteiger charge is -2.34. The third kappa shape index (κ3) is 3.19. The summed E-state index contributed by atoms with van der Waals surface area (Å²) in [5.74, 6) is 0.603. The van der Waals surface area contributed by atoms with E-state index in [1.165, 1.54) is 36.1 Å². The highest BCUT2D eigenvalue weighted by Gasteiger charge is 2.41. The second kappa shape index (κ2) is 7.27. The van der Waals surface area contributed by atoms with Crippen molar-refractivity contribution in [1.82, 2.24) is 4.90 Å². The molecule has 0 N–H and O–H groups in total. The average molecular weight is 415 g/mol. The van der Waals surface area contributed by atoms with Crippen LogP contribution < -0.4 is 4.90 Å². The molecule has 1 aliphatic carbocycles. The van der Waals surface area contributed by atoms with Crippen LogP contribution in [0.4, 0.5) is 5.69 Å². The third-order valence-electron chi connectivity index (χ3n) is 6.56. The molecule has 0 spiro atoms. The van der Waals surface area contributed by atoms with E-state index in [1.807, 2.05) is 4.90 Å². The number of hydrogen-bond donors (Lipinski definition) is 0. The molecule has 2 aromatic carbocycles. The van der Waals surface area contributed by atoms with Gasteiger partial charge in [0.15, 0.2) is 0 Å². The Kier molecular flexibility index (Phi) is 4.76. The van der Waals surface area contributed by atoms with Crippen LogP contribution in [-0.2, 0) is 0 Å². The molecule has 2 fully saturated rings. The van der Waals surface area contributed by atoms with Crippen molar-refractivity contribution in [2.75, 3.05) is 24.5 Å². The monoisotopic (exact) mass is 414 g/mol. The Morgan fingerprint density at radius 1 is 0.893 bits per heavy atom. The van der Waals surface area contributed by atoms with Gasteiger partial charge in [-0.3, -0.25) is 4.79 Å². The highest BCUT2D eigenvalue weighted by Crippen LogP contribution is 2.50. The molecule has 1 unspecified atom stereocenters. The molecule has 2 bridgehead atoms. The summed E-state index contributed by atoms with van der Waals surface area (Å²) in [7, 11) is 0. The number of likely N-dealkylation sites (tertiary alicyclic amines) is 1. The molecule has 0 aromatic heterocycles. The zero-order chi connectivity index (χ0) is 19.3. The maximum Gasteiger partial charge on any atom is 0.254 e. The number of piperidine rings is 2. The minimum absolute atomic E-state index is 0.0316. The molecule has 2 atom stereocenters. The lowest BCUT2D eigenvalue weighted by molar-refractivity contribution is 0.0620. The first-order valence-corrected chi connectivity index (χ1v) is 11.0. The summed E-state index contributed by atoms with van der Waals surface area (Å²) in [5, 5.41) is 1.01. The summed E-state index contributed by atoms with van der Waals surface area (Å²) in [4.78, 5) is 17.8. The second-order valence-corrected chi connectivity index (χ2v) is 9.13. The first-order chi connectivity index (χ1) is 13.6. The number of carbonyl (C=O) groups excluding carboxylic acids is 1. The molecule has 2 aromatic rings. The van der Waals surface area contributed by atoms with E-state index in [9.17, 15) is 4.79 Å². The SMILES string of the molecule is O=C(c1cc(Cl)cc(Cl)c1)N1CCC2C[C@H]1c1cc(N3CCCCC3)ccc12. The Hall–Kier alpha value is -1.71.